The third kappa shape index (κ3) is 9.42. The van der Waals surface area contributed by atoms with E-state index in [-0.39, 0.29) is 31.9 Å². The second kappa shape index (κ2) is 16.4. The van der Waals surface area contributed by atoms with Crippen LogP contribution in [0.25, 0.3) is 0 Å². The lowest BCUT2D eigenvalue weighted by Gasteiger charge is -2.32. The molecule has 2 aliphatic heterocycles. The van der Waals surface area contributed by atoms with Crippen molar-refractivity contribution in [2.24, 2.45) is 5.92 Å². The average Bonchev–Trinajstić information content (AvgIpc) is 3.40. The summed E-state index contributed by atoms with van der Waals surface area (Å²) in [6.45, 7) is 4.91. The third-order valence-electron chi connectivity index (χ3n) is 7.68. The summed E-state index contributed by atoms with van der Waals surface area (Å²) < 4.78 is 4.90. The van der Waals surface area contributed by atoms with E-state index in [1.165, 1.54) is 30.7 Å². The summed E-state index contributed by atoms with van der Waals surface area (Å²) in [6.07, 6.45) is 2.17. The highest BCUT2D eigenvalue weighted by atomic mass is 32.2. The number of hydrogen-bond donors (Lipinski definition) is 5. The smallest absolute Gasteiger partial charge is 0.246 e. The van der Waals surface area contributed by atoms with Crippen LogP contribution in [0.2, 0.25) is 0 Å². The van der Waals surface area contributed by atoms with E-state index in [0.717, 1.165) is 0 Å². The van der Waals surface area contributed by atoms with Crippen LogP contribution in [0.4, 0.5) is 0 Å². The van der Waals surface area contributed by atoms with Gasteiger partial charge in [0.15, 0.2) is 0 Å². The molecule has 0 unspecified atom stereocenters. The summed E-state index contributed by atoms with van der Waals surface area (Å²) in [4.78, 5) is 81.3. The minimum absolute atomic E-state index is 0.0226. The maximum Gasteiger partial charge on any atom is 0.246 e. The summed E-state index contributed by atoms with van der Waals surface area (Å²) in [7, 11) is 1.39. The molecular weight excluding hydrogens is 588 g/mol. The largest absolute Gasteiger partial charge is 0.375 e. The fourth-order valence-electron chi connectivity index (χ4n) is 5.33. The van der Waals surface area contributed by atoms with Crippen LogP contribution in [0, 0.1) is 5.92 Å². The number of amides is 6. The Kier molecular flexibility index (Phi) is 13.0. The first kappa shape index (κ1) is 34.8. The van der Waals surface area contributed by atoms with Gasteiger partial charge in [-0.2, -0.15) is 11.8 Å². The Bertz CT molecular complexity index is 1200. The number of benzene rings is 1. The highest BCUT2D eigenvalue weighted by molar-refractivity contribution is 7.98. The number of fused-ring (bicyclic) bond motifs is 1. The zero-order valence-electron chi connectivity index (χ0n) is 25.9. The van der Waals surface area contributed by atoms with Crippen molar-refractivity contribution in [2.75, 3.05) is 32.3 Å². The average molecular weight is 633 g/mol. The molecule has 44 heavy (non-hydrogen) atoms. The molecule has 0 saturated carbocycles. The Morgan fingerprint density at radius 2 is 1.73 bits per heavy atom. The van der Waals surface area contributed by atoms with Crippen LogP contribution in [0.5, 0.6) is 0 Å². The highest BCUT2D eigenvalue weighted by Gasteiger charge is 2.44. The number of rotatable bonds is 8. The van der Waals surface area contributed by atoms with Gasteiger partial charge in [0.1, 0.15) is 30.8 Å². The topological polar surface area (TPSA) is 175 Å². The maximum absolute atomic E-state index is 14.0. The van der Waals surface area contributed by atoms with Crippen LogP contribution in [-0.4, -0.2) is 103 Å². The number of thioether (sulfide) groups is 1. The van der Waals surface area contributed by atoms with E-state index in [0.29, 0.717) is 17.7 Å². The van der Waals surface area contributed by atoms with Gasteiger partial charge in [0.05, 0.1) is 12.5 Å². The standard InChI is InChI=1S/C30H44N6O7S/c1-17(2)26-30(42)36-15-20(32-25(38)16-43-4)13-23(36)29(41)31-18(3)27(39)34-22(19-9-7-6-8-10-19)14-24(37)33-21(11-12-44-5)28(40)35-26/h6-10,17-18,20-23,26H,11-16H2,1-5H3,(H,31,41)(H,32,38)(H,33,37)(H,34,39)(H,35,40)/t18-,20-,21-,22-,23-,26-/m0/s1. The summed E-state index contributed by atoms with van der Waals surface area (Å²) in [5, 5.41) is 14.0. The number of nitrogens with one attached hydrogen (secondary N) is 5. The summed E-state index contributed by atoms with van der Waals surface area (Å²) in [5.41, 5.74) is 0.683. The van der Waals surface area contributed by atoms with Crippen molar-refractivity contribution >= 4 is 47.2 Å². The quantitative estimate of drug-likeness (QED) is 0.263. The lowest BCUT2D eigenvalue weighted by molar-refractivity contribution is -0.143. The van der Waals surface area contributed by atoms with Gasteiger partial charge >= 0.3 is 0 Å². The molecule has 0 aliphatic carbocycles. The highest BCUT2D eigenvalue weighted by Crippen LogP contribution is 2.23. The predicted molar refractivity (Wildman–Crippen MR) is 165 cm³/mol. The van der Waals surface area contributed by atoms with Gasteiger partial charge in [-0.3, -0.25) is 28.8 Å². The minimum Gasteiger partial charge on any atom is -0.375 e. The van der Waals surface area contributed by atoms with Crippen LogP contribution in [0.3, 0.4) is 0 Å². The number of carbonyl (C=O) groups is 6. The molecule has 0 spiro atoms. The first-order valence-electron chi connectivity index (χ1n) is 14.8. The van der Waals surface area contributed by atoms with Crippen molar-refractivity contribution in [3.63, 3.8) is 0 Å². The molecule has 1 aromatic carbocycles. The molecule has 2 heterocycles. The Balaban J connectivity index is 2.00. The van der Waals surface area contributed by atoms with Crippen LogP contribution in [-0.2, 0) is 33.5 Å². The van der Waals surface area contributed by atoms with Crippen LogP contribution in [0.15, 0.2) is 30.3 Å². The summed E-state index contributed by atoms with van der Waals surface area (Å²) >= 11 is 1.51. The Labute approximate surface area is 262 Å². The molecule has 0 radical (unpaired) electrons. The lowest BCUT2D eigenvalue weighted by Crippen LogP contribution is -2.59. The Hall–Kier alpha value is -3.65. The molecule has 3 rings (SSSR count). The van der Waals surface area contributed by atoms with Crippen LogP contribution >= 0.6 is 11.8 Å². The number of ether oxygens (including phenoxy) is 1. The fourth-order valence-corrected chi connectivity index (χ4v) is 5.80. The molecule has 0 bridgehead atoms. The summed E-state index contributed by atoms with van der Waals surface area (Å²) in [6, 6.07) is 3.74. The molecule has 242 valence electrons. The van der Waals surface area contributed by atoms with E-state index < -0.39 is 71.7 Å². The third-order valence-corrected chi connectivity index (χ3v) is 8.32. The van der Waals surface area contributed by atoms with Gasteiger partial charge in [0, 0.05) is 19.7 Å². The molecule has 2 aliphatic rings. The lowest BCUT2D eigenvalue weighted by atomic mass is 10.0. The monoisotopic (exact) mass is 632 g/mol. The molecule has 1 aromatic rings. The van der Waals surface area contributed by atoms with Gasteiger partial charge in [-0.05, 0) is 43.3 Å². The zero-order valence-corrected chi connectivity index (χ0v) is 26.7. The number of carbonyl (C=O) groups excluding carboxylic acids is 6. The van der Waals surface area contributed by atoms with Crippen molar-refractivity contribution < 1.29 is 33.5 Å². The second-order valence-electron chi connectivity index (χ2n) is 11.5. The SMILES string of the molecule is COCC(=O)N[C@H]1C[C@H]2C(=O)N[C@@H](C)C(=O)N[C@H](c3ccccc3)CC(=O)N[C@@H](CCSC)C(=O)N[C@@H](C(C)C)C(=O)N2C1. The summed E-state index contributed by atoms with van der Waals surface area (Å²) in [5.74, 6) is -2.75. The van der Waals surface area contributed by atoms with Gasteiger partial charge in [0.2, 0.25) is 35.4 Å². The number of methoxy groups -OCH3 is 1. The fraction of sp³-hybridized carbons (Fsp3) is 0.600. The van der Waals surface area contributed by atoms with Gasteiger partial charge in [0.25, 0.3) is 0 Å². The molecule has 0 aromatic heterocycles. The number of nitrogens with zero attached hydrogens (tertiary/aromatic N) is 1. The molecule has 5 N–H and O–H groups in total. The molecule has 2 fully saturated rings. The molecule has 2 saturated heterocycles. The van der Waals surface area contributed by atoms with Crippen LogP contribution in [0.1, 0.15) is 51.6 Å². The van der Waals surface area contributed by atoms with Crippen molar-refractivity contribution in [1.29, 1.82) is 0 Å². The minimum atomic E-state index is -1.01. The van der Waals surface area contributed by atoms with Crippen molar-refractivity contribution in [1.82, 2.24) is 31.5 Å². The first-order valence-corrected chi connectivity index (χ1v) is 16.2. The zero-order chi connectivity index (χ0) is 32.4. The van der Waals surface area contributed by atoms with Crippen molar-refractivity contribution in [2.45, 2.75) is 76.3 Å². The molecule has 6 amide bonds. The van der Waals surface area contributed by atoms with E-state index in [4.69, 9.17) is 4.74 Å². The number of hydrogen-bond acceptors (Lipinski definition) is 8. The Morgan fingerprint density at radius 3 is 2.36 bits per heavy atom. The molecule has 14 heteroatoms. The second-order valence-corrected chi connectivity index (χ2v) is 12.5. The van der Waals surface area contributed by atoms with E-state index in [1.54, 1.807) is 38.1 Å². The maximum atomic E-state index is 14.0. The molecule has 6 atom stereocenters. The normalized spacial score (nSPS) is 27.2. The molecular formula is C30H44N6O7S. The van der Waals surface area contributed by atoms with E-state index in [1.807, 2.05) is 12.3 Å². The van der Waals surface area contributed by atoms with Crippen LogP contribution < -0.4 is 26.6 Å². The Morgan fingerprint density at radius 1 is 1.02 bits per heavy atom. The van der Waals surface area contributed by atoms with E-state index in [2.05, 4.69) is 26.6 Å². The predicted octanol–water partition coefficient (Wildman–Crippen LogP) is -0.137. The van der Waals surface area contributed by atoms with Gasteiger partial charge < -0.3 is 36.2 Å². The van der Waals surface area contributed by atoms with E-state index in [9.17, 15) is 28.8 Å². The van der Waals surface area contributed by atoms with Crippen molar-refractivity contribution in [3.05, 3.63) is 35.9 Å². The molecule has 13 nitrogen and oxygen atoms in total. The van der Waals surface area contributed by atoms with Gasteiger partial charge in [-0.25, -0.2) is 0 Å². The first-order chi connectivity index (χ1) is 20.9. The van der Waals surface area contributed by atoms with Gasteiger partial charge in [-0.1, -0.05) is 44.2 Å². The van der Waals surface area contributed by atoms with Gasteiger partial charge in [-0.15, -0.1) is 0 Å². The van der Waals surface area contributed by atoms with Crippen molar-refractivity contribution in [3.8, 4) is 0 Å². The van der Waals surface area contributed by atoms with E-state index >= 15 is 0 Å².